The van der Waals surface area contributed by atoms with E-state index in [0.717, 1.165) is 29.0 Å². The number of halogens is 1. The maximum absolute atomic E-state index is 11.9. The Morgan fingerprint density at radius 2 is 2.09 bits per heavy atom. The number of pyridine rings is 1. The number of hydrogen-bond acceptors (Lipinski definition) is 9. The van der Waals surface area contributed by atoms with Crippen molar-refractivity contribution in [2.75, 3.05) is 15.8 Å². The van der Waals surface area contributed by atoms with E-state index in [1.807, 2.05) is 24.3 Å². The van der Waals surface area contributed by atoms with Gasteiger partial charge in [-0.25, -0.2) is 4.98 Å². The lowest BCUT2D eigenvalue weighted by atomic mass is 10.1. The number of aromatic nitrogens is 5. The zero-order valence-corrected chi connectivity index (χ0v) is 19.2. The third-order valence-corrected chi connectivity index (χ3v) is 5.37. The molecule has 4 rings (SSSR count). The van der Waals surface area contributed by atoms with Crippen LogP contribution in [0.5, 0.6) is 5.75 Å². The summed E-state index contributed by atoms with van der Waals surface area (Å²) < 4.78 is 9.34. The molecule has 9 nitrogen and oxygen atoms in total. The summed E-state index contributed by atoms with van der Waals surface area (Å²) in [6.45, 7) is 2.31. The fraction of sp³-hybridized carbons (Fsp3) is 0.136. The summed E-state index contributed by atoms with van der Waals surface area (Å²) in [5, 5.41) is 10.7. The molecule has 33 heavy (non-hydrogen) atoms. The lowest BCUT2D eigenvalue weighted by molar-refractivity contribution is 0.112. The third-order valence-electron chi connectivity index (χ3n) is 4.49. The Bertz CT molecular complexity index is 1220. The van der Waals surface area contributed by atoms with Crippen LogP contribution in [0.25, 0.3) is 11.3 Å². The van der Waals surface area contributed by atoms with Crippen molar-refractivity contribution >= 4 is 47.2 Å². The topological polar surface area (TPSA) is 118 Å². The summed E-state index contributed by atoms with van der Waals surface area (Å²) in [4.78, 5) is 24.3. The Balaban J connectivity index is 1.62. The molecule has 1 aromatic carbocycles. The zero-order valence-electron chi connectivity index (χ0n) is 17.6. The Morgan fingerprint density at radius 3 is 2.82 bits per heavy atom. The van der Waals surface area contributed by atoms with Gasteiger partial charge in [-0.05, 0) is 24.3 Å². The van der Waals surface area contributed by atoms with Crippen LogP contribution in [0, 0.1) is 0 Å². The van der Waals surface area contributed by atoms with E-state index in [2.05, 4.69) is 42.1 Å². The second kappa shape index (κ2) is 10.8. The van der Waals surface area contributed by atoms with Crippen LogP contribution in [-0.2, 0) is 6.61 Å². The van der Waals surface area contributed by atoms with E-state index in [1.54, 1.807) is 42.8 Å². The molecule has 0 saturated carbocycles. The quantitative estimate of drug-likeness (QED) is 0.209. The Hall–Kier alpha value is -3.63. The molecule has 0 bridgehead atoms. The maximum Gasteiger partial charge on any atom is 0.164 e. The number of anilines is 3. The Kier molecular flexibility index (Phi) is 7.38. The number of ether oxygens (including phenoxy) is 1. The predicted octanol–water partition coefficient (Wildman–Crippen LogP) is 5.13. The van der Waals surface area contributed by atoms with E-state index in [9.17, 15) is 4.79 Å². The standard InChI is InChI=1S/C22H20ClN7O2S/c1-2-33-30-18-6-3-14(9-19(18)32-13-16-5-4-15(23)10-26-16)21-17(12-31)22(29-28-21)27-20-11-24-7-8-25-20/h3-12,30H,2,13H2,1H3,(H2,25,27,28,29). The van der Waals surface area contributed by atoms with E-state index in [1.165, 1.54) is 0 Å². The fourth-order valence-corrected chi connectivity index (χ4v) is 3.52. The molecule has 0 aliphatic heterocycles. The van der Waals surface area contributed by atoms with Gasteiger partial charge in [-0.3, -0.25) is 19.9 Å². The van der Waals surface area contributed by atoms with Crippen LogP contribution >= 0.6 is 23.5 Å². The number of nitrogens with one attached hydrogen (secondary N) is 3. The number of aldehydes is 1. The van der Waals surface area contributed by atoms with Gasteiger partial charge < -0.3 is 14.8 Å². The van der Waals surface area contributed by atoms with Gasteiger partial charge in [0.25, 0.3) is 0 Å². The molecule has 0 fully saturated rings. The second-order valence-electron chi connectivity index (χ2n) is 6.70. The lowest BCUT2D eigenvalue weighted by Gasteiger charge is -2.14. The summed E-state index contributed by atoms with van der Waals surface area (Å²) in [7, 11) is 0. The van der Waals surface area contributed by atoms with Gasteiger partial charge in [0.15, 0.2) is 12.1 Å². The number of hydrogen-bond donors (Lipinski definition) is 3. The highest BCUT2D eigenvalue weighted by Gasteiger charge is 2.17. The molecule has 3 N–H and O–H groups in total. The first-order valence-electron chi connectivity index (χ1n) is 10.00. The molecule has 168 valence electrons. The number of carbonyl (C=O) groups excluding carboxylic acids is 1. The first kappa shape index (κ1) is 22.6. The SMILES string of the molecule is CCSNc1ccc(-c2[nH]nc(Nc3cnccn3)c2C=O)cc1OCc1ccc(Cl)cn1. The smallest absolute Gasteiger partial charge is 0.164 e. The number of rotatable bonds is 10. The van der Waals surface area contributed by atoms with Crippen molar-refractivity contribution in [1.82, 2.24) is 25.1 Å². The minimum absolute atomic E-state index is 0.259. The molecule has 0 radical (unpaired) electrons. The number of H-pyrrole nitrogens is 1. The van der Waals surface area contributed by atoms with E-state index < -0.39 is 0 Å². The minimum atomic E-state index is 0.259. The summed E-state index contributed by atoms with van der Waals surface area (Å²) in [6.07, 6.45) is 6.99. The van der Waals surface area contributed by atoms with Crippen LogP contribution in [0.1, 0.15) is 23.0 Å². The molecule has 0 amide bonds. The van der Waals surface area contributed by atoms with E-state index in [-0.39, 0.29) is 6.61 Å². The molecule has 3 heterocycles. The van der Waals surface area contributed by atoms with E-state index in [4.69, 9.17) is 16.3 Å². The van der Waals surface area contributed by atoms with Crippen molar-refractivity contribution < 1.29 is 9.53 Å². The normalized spacial score (nSPS) is 10.6. The van der Waals surface area contributed by atoms with Crippen molar-refractivity contribution in [2.45, 2.75) is 13.5 Å². The molecule has 0 saturated heterocycles. The zero-order chi connectivity index (χ0) is 23.0. The molecule has 0 atom stereocenters. The molecule has 11 heteroatoms. The molecular formula is C22H20ClN7O2S. The van der Waals surface area contributed by atoms with E-state index in [0.29, 0.717) is 33.7 Å². The van der Waals surface area contributed by atoms with Gasteiger partial charge in [0.05, 0.1) is 33.9 Å². The van der Waals surface area contributed by atoms with Crippen molar-refractivity contribution in [3.63, 3.8) is 0 Å². The summed E-state index contributed by atoms with van der Waals surface area (Å²) in [5.41, 5.74) is 3.21. The maximum atomic E-state index is 11.9. The average molecular weight is 482 g/mol. The van der Waals surface area contributed by atoms with Crippen LogP contribution in [0.2, 0.25) is 5.02 Å². The average Bonchev–Trinajstić information content (AvgIpc) is 3.25. The van der Waals surface area contributed by atoms with Gasteiger partial charge >= 0.3 is 0 Å². The molecule has 4 aromatic rings. The summed E-state index contributed by atoms with van der Waals surface area (Å²) in [5.74, 6) is 2.33. The number of carbonyl (C=O) groups is 1. The second-order valence-corrected chi connectivity index (χ2v) is 8.20. The van der Waals surface area contributed by atoms with E-state index >= 15 is 0 Å². The van der Waals surface area contributed by atoms with Crippen LogP contribution < -0.4 is 14.8 Å². The summed E-state index contributed by atoms with van der Waals surface area (Å²) in [6, 6.07) is 9.21. The predicted molar refractivity (Wildman–Crippen MR) is 130 cm³/mol. The van der Waals surface area contributed by atoms with Gasteiger partial charge in [0, 0.05) is 29.9 Å². The van der Waals surface area contributed by atoms with Gasteiger partial charge in [-0.2, -0.15) is 5.10 Å². The van der Waals surface area contributed by atoms with Crippen molar-refractivity contribution in [3.8, 4) is 17.0 Å². The summed E-state index contributed by atoms with van der Waals surface area (Å²) >= 11 is 7.47. The monoisotopic (exact) mass is 481 g/mol. The van der Waals surface area contributed by atoms with Crippen molar-refractivity contribution in [2.24, 2.45) is 0 Å². The van der Waals surface area contributed by atoms with Gasteiger partial charge in [-0.15, -0.1) is 0 Å². The van der Waals surface area contributed by atoms with Gasteiger partial charge in [0.2, 0.25) is 0 Å². The van der Waals surface area contributed by atoms with Crippen molar-refractivity contribution in [1.29, 1.82) is 0 Å². The van der Waals surface area contributed by atoms with Crippen LogP contribution in [0.15, 0.2) is 55.1 Å². The molecule has 0 unspecified atom stereocenters. The first-order chi connectivity index (χ1) is 16.2. The van der Waals surface area contributed by atoms with Crippen LogP contribution in [0.3, 0.4) is 0 Å². The fourth-order valence-electron chi connectivity index (χ4n) is 2.94. The number of benzene rings is 1. The Morgan fingerprint density at radius 1 is 1.18 bits per heavy atom. The van der Waals surface area contributed by atoms with Gasteiger partial charge in [-0.1, -0.05) is 36.5 Å². The van der Waals surface area contributed by atoms with Crippen molar-refractivity contribution in [3.05, 3.63) is 71.4 Å². The molecule has 3 aromatic heterocycles. The third kappa shape index (κ3) is 5.60. The largest absolute Gasteiger partial charge is 0.485 e. The number of nitrogens with zero attached hydrogens (tertiary/aromatic N) is 4. The Labute approximate surface area is 199 Å². The molecular weight excluding hydrogens is 462 g/mol. The highest BCUT2D eigenvalue weighted by Crippen LogP contribution is 2.35. The van der Waals surface area contributed by atoms with Gasteiger partial charge in [0.1, 0.15) is 18.2 Å². The highest BCUT2D eigenvalue weighted by atomic mass is 35.5. The molecule has 0 spiro atoms. The lowest BCUT2D eigenvalue weighted by Crippen LogP contribution is -2.01. The van der Waals surface area contributed by atoms with Crippen LogP contribution in [0.4, 0.5) is 17.3 Å². The number of aromatic amines is 1. The first-order valence-corrected chi connectivity index (χ1v) is 11.4. The van der Waals surface area contributed by atoms with Crippen LogP contribution in [-0.4, -0.2) is 37.2 Å². The molecule has 0 aliphatic carbocycles. The highest BCUT2D eigenvalue weighted by molar-refractivity contribution is 8.00. The molecule has 0 aliphatic rings. The minimum Gasteiger partial charge on any atom is -0.485 e.